The van der Waals surface area contributed by atoms with E-state index in [0.29, 0.717) is 9.16 Å². The van der Waals surface area contributed by atoms with Crippen LogP contribution in [0.25, 0.3) is 6.08 Å². The molecule has 2 atom stereocenters. The van der Waals surface area contributed by atoms with Crippen molar-refractivity contribution in [1.82, 2.24) is 4.98 Å². The Balaban J connectivity index is 1.44. The van der Waals surface area contributed by atoms with Gasteiger partial charge < -0.3 is 0 Å². The Kier molecular flexibility index (Phi) is 6.53. The average Bonchev–Trinajstić information content (AvgIpc) is 3.27. The summed E-state index contributed by atoms with van der Waals surface area (Å²) in [6, 6.07) is 4.12. The molecule has 126 valence electrons. The van der Waals surface area contributed by atoms with Gasteiger partial charge in [-0.2, -0.15) is 0 Å². The third-order valence-corrected chi connectivity index (χ3v) is 15.5. The molecule has 1 nitrogen and oxygen atoms in total. The molecule has 0 aliphatic carbocycles. The summed E-state index contributed by atoms with van der Waals surface area (Å²) in [7, 11) is 0. The highest BCUT2D eigenvalue weighted by atomic mass is 32.3. The quantitative estimate of drug-likeness (QED) is 0.449. The van der Waals surface area contributed by atoms with Crippen LogP contribution < -0.4 is 0 Å². The summed E-state index contributed by atoms with van der Waals surface area (Å²) >= 11 is 15.8. The molecule has 0 N–H and O–H groups in total. The van der Waals surface area contributed by atoms with E-state index in [1.807, 2.05) is 83.0 Å². The molecule has 0 aromatic carbocycles. The first-order valence-electron chi connectivity index (χ1n) is 6.97. The number of pyridine rings is 1. The van der Waals surface area contributed by atoms with Crippen molar-refractivity contribution in [3.05, 3.63) is 51.3 Å². The van der Waals surface area contributed by atoms with Gasteiger partial charge in [-0.3, -0.25) is 4.98 Å². The molecule has 1 aromatic rings. The maximum Gasteiger partial charge on any atom is 0.0765 e. The maximum atomic E-state index is 4.08. The van der Waals surface area contributed by atoms with Gasteiger partial charge in [0.15, 0.2) is 0 Å². The Morgan fingerprint density at radius 2 is 1.38 bits per heavy atom. The average molecular weight is 464 g/mol. The van der Waals surface area contributed by atoms with Crippen molar-refractivity contribution >= 4 is 100 Å². The lowest BCUT2D eigenvalue weighted by Crippen LogP contribution is -2.04. The van der Waals surface area contributed by atoms with Crippen LogP contribution in [-0.2, 0) is 0 Å². The van der Waals surface area contributed by atoms with E-state index in [0.717, 1.165) is 0 Å². The van der Waals surface area contributed by atoms with E-state index in [2.05, 4.69) is 59.2 Å². The Labute approximate surface area is 176 Å². The monoisotopic (exact) mass is 463 g/mol. The van der Waals surface area contributed by atoms with Crippen LogP contribution in [0.4, 0.5) is 0 Å². The largest absolute Gasteiger partial charge is 0.265 e. The summed E-state index contributed by atoms with van der Waals surface area (Å²) in [6.07, 6.45) is 10.4. The van der Waals surface area contributed by atoms with Crippen molar-refractivity contribution in [3.63, 3.8) is 0 Å². The van der Waals surface area contributed by atoms with Crippen LogP contribution in [0.15, 0.2) is 45.7 Å². The molecule has 9 heteroatoms. The van der Waals surface area contributed by atoms with Crippen molar-refractivity contribution in [2.24, 2.45) is 0 Å². The fraction of sp³-hybridized carbons (Fsp3) is 0.267. The van der Waals surface area contributed by atoms with Gasteiger partial charge in [0.2, 0.25) is 0 Å². The highest BCUT2D eigenvalue weighted by molar-refractivity contribution is 8.49. The van der Waals surface area contributed by atoms with E-state index in [-0.39, 0.29) is 0 Å². The predicted molar refractivity (Wildman–Crippen MR) is 126 cm³/mol. The van der Waals surface area contributed by atoms with Gasteiger partial charge in [0.25, 0.3) is 0 Å². The van der Waals surface area contributed by atoms with Gasteiger partial charge >= 0.3 is 0 Å². The first-order chi connectivity index (χ1) is 11.8. The molecule has 24 heavy (non-hydrogen) atoms. The minimum atomic E-state index is 0.673. The predicted octanol–water partition coefficient (Wildman–Crippen LogP) is 7.45. The summed E-state index contributed by atoms with van der Waals surface area (Å²) in [6.45, 7) is 0. The van der Waals surface area contributed by atoms with Crippen LogP contribution in [0.2, 0.25) is 0 Å². The van der Waals surface area contributed by atoms with Crippen molar-refractivity contribution in [2.75, 3.05) is 12.5 Å². The smallest absolute Gasteiger partial charge is 0.0765 e. The molecule has 4 heterocycles. The molecular formula is C15H13NS8. The Hall–Kier alpha value is 1.17. The normalized spacial score (nSPS) is 26.5. The van der Waals surface area contributed by atoms with E-state index >= 15 is 0 Å². The van der Waals surface area contributed by atoms with Crippen molar-refractivity contribution in [2.45, 2.75) is 9.16 Å². The van der Waals surface area contributed by atoms with Crippen LogP contribution in [0.3, 0.4) is 0 Å². The molecule has 1 saturated heterocycles. The van der Waals surface area contributed by atoms with Crippen LogP contribution in [-0.4, -0.2) is 26.7 Å². The zero-order chi connectivity index (χ0) is 16.5. The summed E-state index contributed by atoms with van der Waals surface area (Å²) in [4.78, 5) is 4.08. The van der Waals surface area contributed by atoms with E-state index in [1.165, 1.54) is 26.7 Å². The van der Waals surface area contributed by atoms with Gasteiger partial charge in [0.05, 0.1) is 30.3 Å². The number of nitrogens with zero attached hydrogens (tertiary/aromatic N) is 1. The van der Waals surface area contributed by atoms with Gasteiger partial charge in [0.1, 0.15) is 0 Å². The second-order valence-corrected chi connectivity index (χ2v) is 15.0. The lowest BCUT2D eigenvalue weighted by molar-refractivity contribution is 1.32. The van der Waals surface area contributed by atoms with Gasteiger partial charge in [-0.05, 0) is 36.3 Å². The third-order valence-electron chi connectivity index (χ3n) is 3.21. The number of hydrogen-bond donors (Lipinski definition) is 0. The lowest BCUT2D eigenvalue weighted by atomic mass is 10.3. The van der Waals surface area contributed by atoms with E-state index < -0.39 is 0 Å². The second kappa shape index (κ2) is 8.46. The first kappa shape index (κ1) is 18.5. The molecule has 3 aliphatic rings. The van der Waals surface area contributed by atoms with Gasteiger partial charge in [-0.1, -0.05) is 47.0 Å². The molecule has 0 spiro atoms. The Bertz CT molecular complexity index is 690. The lowest BCUT2D eigenvalue weighted by Gasteiger charge is -2.10. The van der Waals surface area contributed by atoms with E-state index in [4.69, 9.17) is 0 Å². The van der Waals surface area contributed by atoms with E-state index in [1.54, 1.807) is 0 Å². The van der Waals surface area contributed by atoms with Crippen LogP contribution in [0, 0.1) is 0 Å². The van der Waals surface area contributed by atoms with Crippen molar-refractivity contribution in [3.8, 4) is 0 Å². The van der Waals surface area contributed by atoms with Crippen molar-refractivity contribution in [1.29, 1.82) is 0 Å². The topological polar surface area (TPSA) is 12.9 Å². The highest BCUT2D eigenvalue weighted by Gasteiger charge is 2.37. The standard InChI is InChI=1S/C15H13NS8/c1-17-10-11(18-2)22-14(21-10)15-23-12-13(24-15)20-9(19-12)7-8-3-5-16-6-4-8/h3-7,10-11H,1-2H3. The molecule has 3 aliphatic heterocycles. The number of rotatable bonds is 3. The molecule has 1 aromatic heterocycles. The minimum absolute atomic E-state index is 0.673. The number of aromatic nitrogens is 1. The highest BCUT2D eigenvalue weighted by Crippen LogP contribution is 2.70. The van der Waals surface area contributed by atoms with Crippen LogP contribution in [0.1, 0.15) is 5.56 Å². The molecule has 0 radical (unpaired) electrons. The van der Waals surface area contributed by atoms with E-state index in [9.17, 15) is 0 Å². The van der Waals surface area contributed by atoms with Gasteiger partial charge in [0, 0.05) is 12.4 Å². The zero-order valence-electron chi connectivity index (χ0n) is 12.8. The maximum absolute atomic E-state index is 4.08. The van der Waals surface area contributed by atoms with Gasteiger partial charge in [-0.25, -0.2) is 0 Å². The summed E-state index contributed by atoms with van der Waals surface area (Å²) in [5, 5.41) is 0. The molecule has 0 amide bonds. The molecule has 0 saturated carbocycles. The SMILES string of the molecule is CSC1SC(=C2SC3=C(SC(=Cc4ccncc4)S3)S2)SC1SC. The first-order valence-corrected chi connectivity index (χ1v) is 14.6. The Morgan fingerprint density at radius 1 is 0.833 bits per heavy atom. The number of hydrogen-bond acceptors (Lipinski definition) is 9. The Morgan fingerprint density at radius 3 is 1.92 bits per heavy atom. The fourth-order valence-electron chi connectivity index (χ4n) is 2.10. The summed E-state index contributed by atoms with van der Waals surface area (Å²) in [5.74, 6) is 0. The fourth-order valence-corrected chi connectivity index (χ4v) is 14.9. The van der Waals surface area contributed by atoms with Crippen molar-refractivity contribution < 1.29 is 0 Å². The number of thioether (sulfide) groups is 8. The van der Waals surface area contributed by atoms with Crippen LogP contribution in [0.5, 0.6) is 0 Å². The molecular weight excluding hydrogens is 451 g/mol. The molecule has 2 unspecified atom stereocenters. The summed E-state index contributed by atoms with van der Waals surface area (Å²) < 4.78 is 8.65. The van der Waals surface area contributed by atoms with Gasteiger partial charge in [-0.15, -0.1) is 47.0 Å². The second-order valence-electron chi connectivity index (χ2n) is 4.75. The molecule has 4 rings (SSSR count). The molecule has 1 fully saturated rings. The minimum Gasteiger partial charge on any atom is -0.265 e. The summed E-state index contributed by atoms with van der Waals surface area (Å²) in [5.41, 5.74) is 1.22. The third kappa shape index (κ3) is 4.03. The molecule has 0 bridgehead atoms. The van der Waals surface area contributed by atoms with Crippen LogP contribution >= 0.6 is 94.1 Å². The zero-order valence-corrected chi connectivity index (χ0v) is 19.3.